The molecule has 0 fully saturated rings. The van der Waals surface area contributed by atoms with E-state index in [9.17, 15) is 9.90 Å². The molecule has 7 heteroatoms. The number of rotatable bonds is 4. The summed E-state index contributed by atoms with van der Waals surface area (Å²) in [6.45, 7) is 3.72. The summed E-state index contributed by atoms with van der Waals surface area (Å²) >= 11 is 0. The molecule has 0 spiro atoms. The van der Waals surface area contributed by atoms with E-state index in [1.807, 2.05) is 0 Å². The van der Waals surface area contributed by atoms with Crippen LogP contribution in [0.4, 0.5) is 5.82 Å². The van der Waals surface area contributed by atoms with Gasteiger partial charge in [-0.2, -0.15) is 5.10 Å². The Balaban J connectivity index is 2.27. The van der Waals surface area contributed by atoms with Gasteiger partial charge in [0.2, 0.25) is 0 Å². The monoisotopic (exact) mass is 248 g/mol. The number of nitrogens with one attached hydrogen (secondary N) is 1. The van der Waals surface area contributed by atoms with E-state index in [0.29, 0.717) is 23.6 Å². The van der Waals surface area contributed by atoms with Gasteiger partial charge in [-0.3, -0.25) is 0 Å². The summed E-state index contributed by atoms with van der Waals surface area (Å²) in [6.07, 6.45) is 1.52. The Bertz CT molecular complexity index is 566. The summed E-state index contributed by atoms with van der Waals surface area (Å²) in [5.74, 6) is -0.223. The van der Waals surface area contributed by atoms with Gasteiger partial charge in [0, 0.05) is 6.07 Å². The number of nitrogens with zero attached hydrogens (tertiary/aromatic N) is 3. The Morgan fingerprint density at radius 1 is 1.44 bits per heavy atom. The third-order valence-corrected chi connectivity index (χ3v) is 2.59. The van der Waals surface area contributed by atoms with Gasteiger partial charge < -0.3 is 14.9 Å². The second kappa shape index (κ2) is 4.82. The Labute approximate surface area is 103 Å². The normalized spacial score (nSPS) is 10.3. The van der Waals surface area contributed by atoms with Crippen LogP contribution in [0.2, 0.25) is 0 Å². The van der Waals surface area contributed by atoms with Crippen LogP contribution in [0.1, 0.15) is 27.4 Å². The maximum atomic E-state index is 11.2. The van der Waals surface area contributed by atoms with Crippen LogP contribution in [0.15, 0.2) is 16.8 Å². The molecule has 0 unspecified atom stereocenters. The molecule has 0 aliphatic carbocycles. The fraction of sp³-hybridized carbons (Fsp3) is 0.273. The van der Waals surface area contributed by atoms with Crippen LogP contribution in [0.3, 0.4) is 0 Å². The minimum absolute atomic E-state index is 0.127. The van der Waals surface area contributed by atoms with Crippen LogP contribution < -0.4 is 5.32 Å². The van der Waals surface area contributed by atoms with E-state index in [1.165, 1.54) is 6.20 Å². The maximum absolute atomic E-state index is 11.2. The van der Waals surface area contributed by atoms with Crippen molar-refractivity contribution in [3.63, 3.8) is 0 Å². The molecule has 18 heavy (non-hydrogen) atoms. The van der Waals surface area contributed by atoms with Gasteiger partial charge in [-0.25, -0.2) is 4.79 Å². The smallest absolute Gasteiger partial charge is 0.339 e. The second-order valence-electron chi connectivity index (χ2n) is 3.77. The van der Waals surface area contributed by atoms with E-state index in [4.69, 9.17) is 4.52 Å². The van der Waals surface area contributed by atoms with Gasteiger partial charge in [-0.15, -0.1) is 5.10 Å². The number of hydrogen-bond acceptors (Lipinski definition) is 6. The van der Waals surface area contributed by atoms with E-state index in [1.54, 1.807) is 19.9 Å². The zero-order chi connectivity index (χ0) is 13.1. The van der Waals surface area contributed by atoms with Gasteiger partial charge in [0.15, 0.2) is 11.6 Å². The molecule has 0 atom stereocenters. The summed E-state index contributed by atoms with van der Waals surface area (Å²) in [5.41, 5.74) is 1.32. The largest absolute Gasteiger partial charge is 0.478 e. The van der Waals surface area contributed by atoms with E-state index < -0.39 is 5.97 Å². The van der Waals surface area contributed by atoms with E-state index in [2.05, 4.69) is 20.7 Å². The van der Waals surface area contributed by atoms with E-state index in [0.717, 1.165) is 0 Å². The quantitative estimate of drug-likeness (QED) is 0.842. The fourth-order valence-corrected chi connectivity index (χ4v) is 1.50. The summed E-state index contributed by atoms with van der Waals surface area (Å²) in [4.78, 5) is 11.2. The topological polar surface area (TPSA) is 101 Å². The van der Waals surface area contributed by atoms with Crippen molar-refractivity contribution in [3.05, 3.63) is 34.8 Å². The lowest BCUT2D eigenvalue weighted by atomic mass is 10.1. The first-order valence-electron chi connectivity index (χ1n) is 5.30. The molecule has 0 radical (unpaired) electrons. The average molecular weight is 248 g/mol. The highest BCUT2D eigenvalue weighted by Crippen LogP contribution is 2.18. The summed E-state index contributed by atoms with van der Waals surface area (Å²) < 4.78 is 4.90. The summed E-state index contributed by atoms with van der Waals surface area (Å²) in [7, 11) is 0. The number of anilines is 1. The van der Waals surface area contributed by atoms with Crippen molar-refractivity contribution in [2.75, 3.05) is 5.32 Å². The molecule has 2 heterocycles. The van der Waals surface area contributed by atoms with Crippen LogP contribution in [0.25, 0.3) is 0 Å². The lowest BCUT2D eigenvalue weighted by Gasteiger charge is -2.09. The van der Waals surface area contributed by atoms with Gasteiger partial charge >= 0.3 is 5.97 Å². The third-order valence-electron chi connectivity index (χ3n) is 2.59. The zero-order valence-electron chi connectivity index (χ0n) is 9.97. The van der Waals surface area contributed by atoms with Crippen molar-refractivity contribution < 1.29 is 14.4 Å². The fourth-order valence-electron chi connectivity index (χ4n) is 1.50. The molecule has 0 saturated heterocycles. The Morgan fingerprint density at radius 3 is 2.83 bits per heavy atom. The minimum Gasteiger partial charge on any atom is -0.478 e. The van der Waals surface area contributed by atoms with E-state index >= 15 is 0 Å². The molecule has 2 N–H and O–H groups in total. The molecule has 0 amide bonds. The molecule has 2 aromatic heterocycles. The van der Waals surface area contributed by atoms with Crippen molar-refractivity contribution in [1.82, 2.24) is 15.4 Å². The highest BCUT2D eigenvalue weighted by molar-refractivity contribution is 5.94. The molecule has 0 saturated carbocycles. The maximum Gasteiger partial charge on any atom is 0.339 e. The number of aryl methyl sites for hydroxylation is 1. The molecule has 0 aliphatic rings. The van der Waals surface area contributed by atoms with Crippen LogP contribution in [0, 0.1) is 13.8 Å². The van der Waals surface area contributed by atoms with Gasteiger partial charge in [0.25, 0.3) is 0 Å². The first-order chi connectivity index (χ1) is 8.59. The van der Waals surface area contributed by atoms with Crippen molar-refractivity contribution in [3.8, 4) is 0 Å². The van der Waals surface area contributed by atoms with E-state index in [-0.39, 0.29) is 11.4 Å². The standard InChI is InChI=1S/C11H12N4O3/c1-6-7(2)14-15-10(9(6)11(16)17)12-5-8-3-4-13-18-8/h3-4H,5H2,1-2H3,(H,12,15)(H,16,17). The predicted octanol–water partition coefficient (Wildman–Crippen LogP) is 1.39. The number of aromatic nitrogens is 3. The van der Waals surface area contributed by atoms with Gasteiger partial charge in [-0.05, 0) is 19.4 Å². The molecule has 2 aromatic rings. The van der Waals surface area contributed by atoms with Crippen molar-refractivity contribution in [2.45, 2.75) is 20.4 Å². The van der Waals surface area contributed by atoms with Crippen LogP contribution in [-0.2, 0) is 6.54 Å². The number of hydrogen-bond donors (Lipinski definition) is 2. The molecule has 0 bridgehead atoms. The highest BCUT2D eigenvalue weighted by Gasteiger charge is 2.17. The highest BCUT2D eigenvalue weighted by atomic mass is 16.5. The summed E-state index contributed by atoms with van der Waals surface area (Å²) in [6, 6.07) is 1.68. The Kier molecular flexibility index (Phi) is 3.22. The lowest BCUT2D eigenvalue weighted by molar-refractivity contribution is 0.0696. The Morgan fingerprint density at radius 2 is 2.22 bits per heavy atom. The van der Waals surface area contributed by atoms with Crippen LogP contribution >= 0.6 is 0 Å². The first kappa shape index (κ1) is 12.0. The molecule has 94 valence electrons. The molecule has 7 nitrogen and oxygen atoms in total. The SMILES string of the molecule is Cc1nnc(NCc2ccno2)c(C(=O)O)c1C. The van der Waals surface area contributed by atoms with Crippen molar-refractivity contribution in [1.29, 1.82) is 0 Å². The first-order valence-corrected chi connectivity index (χ1v) is 5.30. The predicted molar refractivity (Wildman–Crippen MR) is 62.3 cm³/mol. The second-order valence-corrected chi connectivity index (χ2v) is 3.77. The molecule has 2 rings (SSSR count). The van der Waals surface area contributed by atoms with Gasteiger partial charge in [0.1, 0.15) is 5.56 Å². The van der Waals surface area contributed by atoms with Gasteiger partial charge in [-0.1, -0.05) is 5.16 Å². The zero-order valence-corrected chi connectivity index (χ0v) is 9.97. The molecule has 0 aromatic carbocycles. The van der Waals surface area contributed by atoms with Gasteiger partial charge in [0.05, 0.1) is 18.4 Å². The lowest BCUT2D eigenvalue weighted by Crippen LogP contribution is -2.12. The molecule has 0 aliphatic heterocycles. The Hall–Kier alpha value is -2.44. The number of carboxylic acids is 1. The minimum atomic E-state index is -1.04. The number of carbonyl (C=O) groups is 1. The van der Waals surface area contributed by atoms with Crippen molar-refractivity contribution in [2.24, 2.45) is 0 Å². The third kappa shape index (κ3) is 2.29. The van der Waals surface area contributed by atoms with Crippen molar-refractivity contribution >= 4 is 11.8 Å². The molecular formula is C11H12N4O3. The average Bonchev–Trinajstić information content (AvgIpc) is 2.83. The number of aromatic carboxylic acids is 1. The van der Waals surface area contributed by atoms with Crippen LogP contribution in [0.5, 0.6) is 0 Å². The number of carboxylic acid groups (broad SMARTS) is 1. The molecular weight excluding hydrogens is 236 g/mol. The summed E-state index contributed by atoms with van der Waals surface area (Å²) in [5, 5.41) is 23.4. The van der Waals surface area contributed by atoms with Crippen LogP contribution in [-0.4, -0.2) is 26.4 Å².